The van der Waals surface area contributed by atoms with E-state index in [0.29, 0.717) is 11.1 Å². The van der Waals surface area contributed by atoms with Crippen molar-refractivity contribution >= 4 is 11.8 Å². The summed E-state index contributed by atoms with van der Waals surface area (Å²) in [6.07, 6.45) is -10.3. The highest BCUT2D eigenvalue weighted by Gasteiger charge is 2.34. The van der Waals surface area contributed by atoms with Gasteiger partial charge in [0.15, 0.2) is 0 Å². The van der Waals surface area contributed by atoms with Crippen LogP contribution in [0.1, 0.15) is 48.2 Å². The van der Waals surface area contributed by atoms with Crippen molar-refractivity contribution in [2.45, 2.75) is 50.9 Å². The monoisotopic (exact) mass is 866 g/mol. The van der Waals surface area contributed by atoms with Crippen LogP contribution in [0.4, 0.5) is 43.9 Å². The number of hydrogen-bond donors (Lipinski definition) is 0. The van der Waals surface area contributed by atoms with E-state index in [1.165, 1.54) is 60.7 Å². The maximum Gasteiger partial charge on any atom is 0.573 e. The molecule has 0 amide bonds. The molecule has 2 aliphatic heterocycles. The number of benzene rings is 6. The Hall–Kier alpha value is -6.84. The maximum absolute atomic E-state index is 14.0. The van der Waals surface area contributed by atoms with Gasteiger partial charge in [0.1, 0.15) is 70.2 Å². The summed E-state index contributed by atoms with van der Waals surface area (Å²) in [4.78, 5) is 8.74. The van der Waals surface area contributed by atoms with Gasteiger partial charge < -0.3 is 18.9 Å². The van der Waals surface area contributed by atoms with Gasteiger partial charge in [-0.3, -0.25) is 0 Å². The zero-order valence-electron chi connectivity index (χ0n) is 32.3. The minimum Gasteiger partial charge on any atom is -0.472 e. The van der Waals surface area contributed by atoms with E-state index in [1.807, 2.05) is 0 Å². The molecule has 0 spiro atoms. The van der Waals surface area contributed by atoms with Gasteiger partial charge in [-0.25, -0.2) is 27.5 Å². The summed E-state index contributed by atoms with van der Waals surface area (Å²) < 4.78 is 149. The van der Waals surface area contributed by atoms with E-state index in [2.05, 4.69) is 19.5 Å². The van der Waals surface area contributed by atoms with Gasteiger partial charge in [0.05, 0.1) is 0 Å². The SMILES string of the molecule is C[C@@H]1OC(c2c(F)cccc2F)=N[C@@H]1c1ccc(-c2ccc(OC(F)(F)F)cc2)cc1.C[C@H]1OC(c2c(F)cccc2F)=N[C@H]1c1ccc(-c2ccc(OC(F)(F)F)cc2)cc1. The number of rotatable bonds is 8. The Morgan fingerprint density at radius 2 is 0.694 bits per heavy atom. The van der Waals surface area contributed by atoms with Crippen LogP contribution in [0, 0.1) is 23.3 Å². The van der Waals surface area contributed by atoms with Crippen molar-refractivity contribution in [3.8, 4) is 33.8 Å². The number of ether oxygens (including phenoxy) is 4. The average Bonchev–Trinajstić information content (AvgIpc) is 3.79. The van der Waals surface area contributed by atoms with E-state index in [9.17, 15) is 43.9 Å². The summed E-state index contributed by atoms with van der Waals surface area (Å²) in [6, 6.07) is 31.6. The largest absolute Gasteiger partial charge is 0.573 e. The lowest BCUT2D eigenvalue weighted by molar-refractivity contribution is -0.275. The van der Waals surface area contributed by atoms with Crippen LogP contribution in [0.15, 0.2) is 143 Å². The molecule has 2 heterocycles. The Labute approximate surface area is 347 Å². The van der Waals surface area contributed by atoms with Crippen LogP contribution in [-0.4, -0.2) is 36.7 Å². The lowest BCUT2D eigenvalue weighted by atomic mass is 9.99. The average molecular weight is 867 g/mol. The highest BCUT2D eigenvalue weighted by Crippen LogP contribution is 2.36. The van der Waals surface area contributed by atoms with Crippen LogP contribution in [-0.2, 0) is 9.47 Å². The molecule has 0 aromatic heterocycles. The van der Waals surface area contributed by atoms with Crippen LogP contribution < -0.4 is 9.47 Å². The first-order valence-corrected chi connectivity index (χ1v) is 18.7. The zero-order valence-corrected chi connectivity index (χ0v) is 32.3. The Kier molecular flexibility index (Phi) is 12.3. The van der Waals surface area contributed by atoms with Gasteiger partial charge in [-0.2, -0.15) is 0 Å². The number of nitrogens with zero attached hydrogens (tertiary/aromatic N) is 2. The first-order chi connectivity index (χ1) is 29.4. The quantitative estimate of drug-likeness (QED) is 0.143. The molecule has 6 aromatic rings. The molecule has 0 saturated heterocycles. The number of hydrogen-bond acceptors (Lipinski definition) is 6. The summed E-state index contributed by atoms with van der Waals surface area (Å²) in [5, 5.41) is 0. The van der Waals surface area contributed by atoms with Crippen molar-refractivity contribution in [1.82, 2.24) is 0 Å². The molecule has 2 aliphatic rings. The van der Waals surface area contributed by atoms with Crippen LogP contribution >= 0.6 is 0 Å². The zero-order chi connectivity index (χ0) is 44.3. The lowest BCUT2D eigenvalue weighted by Crippen LogP contribution is -2.16. The van der Waals surface area contributed by atoms with Gasteiger partial charge in [0.25, 0.3) is 0 Å². The van der Waals surface area contributed by atoms with E-state index in [4.69, 9.17) is 9.47 Å². The molecule has 6 aromatic carbocycles. The molecule has 16 heteroatoms. The Balaban J connectivity index is 0.000000186. The molecule has 6 nitrogen and oxygen atoms in total. The molecular weight excluding hydrogens is 834 g/mol. The fraction of sp³-hybridized carbons (Fsp3) is 0.174. The Morgan fingerprint density at radius 3 is 0.968 bits per heavy atom. The van der Waals surface area contributed by atoms with E-state index < -0.39 is 60.3 Å². The van der Waals surface area contributed by atoms with Crippen LogP contribution in [0.2, 0.25) is 0 Å². The Morgan fingerprint density at radius 1 is 0.419 bits per heavy atom. The molecule has 4 atom stereocenters. The van der Waals surface area contributed by atoms with Crippen molar-refractivity contribution in [2.24, 2.45) is 9.98 Å². The fourth-order valence-electron chi connectivity index (χ4n) is 6.79. The highest BCUT2D eigenvalue weighted by atomic mass is 19.4. The molecule has 0 unspecified atom stereocenters. The third kappa shape index (κ3) is 10.2. The van der Waals surface area contributed by atoms with E-state index in [1.54, 1.807) is 62.4 Å². The van der Waals surface area contributed by atoms with Crippen molar-refractivity contribution in [3.63, 3.8) is 0 Å². The second-order valence-corrected chi connectivity index (χ2v) is 14.0. The van der Waals surface area contributed by atoms with Gasteiger partial charge in [-0.05, 0) is 95.8 Å². The van der Waals surface area contributed by atoms with E-state index in [-0.39, 0.29) is 34.4 Å². The van der Waals surface area contributed by atoms with Crippen LogP contribution in [0.25, 0.3) is 22.3 Å². The fourth-order valence-corrected chi connectivity index (χ4v) is 6.79. The standard InChI is InChI=1S/2C23H16F5NO2/c2*1-13-21(29-22(30-13)20-18(24)3-2-4-19(20)25)16-7-5-14(6-8-16)15-9-11-17(12-10-15)31-23(26,27)28/h2*2-13,21H,1H3/t2*13-,21-/m10/s1. The van der Waals surface area contributed by atoms with E-state index in [0.717, 1.165) is 46.5 Å². The third-order valence-corrected chi connectivity index (χ3v) is 9.70. The first kappa shape index (κ1) is 43.3. The second-order valence-electron chi connectivity index (χ2n) is 14.0. The second kappa shape index (κ2) is 17.6. The third-order valence-electron chi connectivity index (χ3n) is 9.70. The molecule has 0 radical (unpaired) electrons. The highest BCUT2D eigenvalue weighted by molar-refractivity contribution is 5.96. The first-order valence-electron chi connectivity index (χ1n) is 18.7. The van der Waals surface area contributed by atoms with Gasteiger partial charge in [0.2, 0.25) is 11.8 Å². The topological polar surface area (TPSA) is 61.6 Å². The lowest BCUT2D eigenvalue weighted by Gasteiger charge is -2.14. The smallest absolute Gasteiger partial charge is 0.472 e. The van der Waals surface area contributed by atoms with Gasteiger partial charge in [-0.1, -0.05) is 84.9 Å². The molecule has 320 valence electrons. The molecule has 0 bridgehead atoms. The summed E-state index contributed by atoms with van der Waals surface area (Å²) in [7, 11) is 0. The normalized spacial score (nSPS) is 18.5. The number of halogens is 10. The molecule has 0 saturated carbocycles. The van der Waals surface area contributed by atoms with Crippen LogP contribution in [0.3, 0.4) is 0 Å². The molecule has 8 rings (SSSR count). The minimum atomic E-state index is -4.74. The molecule has 62 heavy (non-hydrogen) atoms. The summed E-state index contributed by atoms with van der Waals surface area (Å²) in [5.41, 5.74) is 3.92. The van der Waals surface area contributed by atoms with Gasteiger partial charge in [-0.15, -0.1) is 26.3 Å². The molecular formula is C46H32F10N2O4. The summed E-state index contributed by atoms with van der Waals surface area (Å²) in [6.45, 7) is 3.51. The number of alkyl halides is 6. The minimum absolute atomic E-state index is 0.0857. The van der Waals surface area contributed by atoms with Crippen molar-refractivity contribution in [2.75, 3.05) is 0 Å². The predicted molar refractivity (Wildman–Crippen MR) is 209 cm³/mol. The van der Waals surface area contributed by atoms with Gasteiger partial charge >= 0.3 is 12.7 Å². The van der Waals surface area contributed by atoms with Crippen LogP contribution in [0.5, 0.6) is 11.5 Å². The van der Waals surface area contributed by atoms with Gasteiger partial charge in [0, 0.05) is 0 Å². The molecule has 0 aliphatic carbocycles. The maximum atomic E-state index is 14.0. The van der Waals surface area contributed by atoms with Crippen molar-refractivity contribution in [1.29, 1.82) is 0 Å². The predicted octanol–water partition coefficient (Wildman–Crippen LogP) is 12.9. The summed E-state index contributed by atoms with van der Waals surface area (Å²) >= 11 is 0. The van der Waals surface area contributed by atoms with Crippen molar-refractivity contribution in [3.05, 3.63) is 179 Å². The molecule has 0 fully saturated rings. The van der Waals surface area contributed by atoms with E-state index >= 15 is 0 Å². The molecule has 0 N–H and O–H groups in total. The Bertz CT molecular complexity index is 2360. The summed E-state index contributed by atoms with van der Waals surface area (Å²) in [5.74, 6) is -3.77. The number of aliphatic imine (C=N–C) groups is 2. The van der Waals surface area contributed by atoms with Crippen molar-refractivity contribution < 1.29 is 62.9 Å².